The second kappa shape index (κ2) is 2.11. The van der Waals surface area contributed by atoms with Crippen LogP contribution in [0.4, 0.5) is 0 Å². The Labute approximate surface area is 49.9 Å². The Kier molecular flexibility index (Phi) is 1.89. The Balaban J connectivity index is 4.66. The number of hydrogen-bond acceptors (Lipinski definition) is 4. The lowest BCUT2D eigenvalue weighted by molar-refractivity contribution is -0.145. The van der Waals surface area contributed by atoms with Crippen LogP contribution in [0.25, 0.3) is 0 Å². The molecule has 2 N–H and O–H groups in total. The lowest BCUT2D eigenvalue weighted by atomic mass is 10.8. The summed E-state index contributed by atoms with van der Waals surface area (Å²) in [5, 5.41) is 5.41. The molecule has 0 aromatic rings. The van der Waals surface area contributed by atoms with Crippen LogP contribution >= 0.6 is 0 Å². The predicted octanol–water partition coefficient (Wildman–Crippen LogP) is -1.51. The van der Waals surface area contributed by atoms with Gasteiger partial charge in [0, 0.05) is 0 Å². The second-order valence-electron chi connectivity index (χ2n) is 1.07. The SMILES string of the molecule is O=C(O)C(=O)S(=O)(=O)O. The summed E-state index contributed by atoms with van der Waals surface area (Å²) < 4.78 is 26.9. The topological polar surface area (TPSA) is 109 Å². The fraction of sp³-hybridized carbons (Fsp3) is 0. The van der Waals surface area contributed by atoms with E-state index in [-0.39, 0.29) is 0 Å². The number of carboxylic acid groups (broad SMARTS) is 1. The fourth-order valence-electron chi connectivity index (χ4n) is 0.110. The minimum absolute atomic E-state index is 2.20. The number of aliphatic carboxylic acids is 1. The van der Waals surface area contributed by atoms with E-state index in [2.05, 4.69) is 0 Å². The van der Waals surface area contributed by atoms with Crippen molar-refractivity contribution in [2.24, 2.45) is 0 Å². The normalized spacial score (nSPS) is 10.8. The molecule has 52 valence electrons. The van der Waals surface area contributed by atoms with E-state index in [1.165, 1.54) is 0 Å². The standard InChI is InChI=1S/C2H2O6S/c3-1(4)2(5)9(6,7)8/h(H,3,4)(H,6,7,8). The number of carboxylic acids is 1. The highest BCUT2D eigenvalue weighted by atomic mass is 32.2. The van der Waals surface area contributed by atoms with Gasteiger partial charge in [-0.1, -0.05) is 0 Å². The summed E-state index contributed by atoms with van der Waals surface area (Å²) in [4.78, 5) is 19.2. The van der Waals surface area contributed by atoms with Crippen molar-refractivity contribution in [2.75, 3.05) is 0 Å². The molecule has 0 aliphatic rings. The molecule has 7 heteroatoms. The molecule has 0 aromatic carbocycles. The zero-order chi connectivity index (χ0) is 7.65. The minimum atomic E-state index is -5.04. The van der Waals surface area contributed by atoms with Crippen molar-refractivity contribution in [1.82, 2.24) is 0 Å². The molecule has 0 atom stereocenters. The molecule has 6 nitrogen and oxygen atoms in total. The van der Waals surface area contributed by atoms with Crippen molar-refractivity contribution in [3.05, 3.63) is 0 Å². The van der Waals surface area contributed by atoms with Crippen LogP contribution < -0.4 is 0 Å². The van der Waals surface area contributed by atoms with E-state index in [0.29, 0.717) is 0 Å². The van der Waals surface area contributed by atoms with Gasteiger partial charge >= 0.3 is 21.2 Å². The van der Waals surface area contributed by atoms with Gasteiger partial charge in [0.05, 0.1) is 0 Å². The predicted molar refractivity (Wildman–Crippen MR) is 24.2 cm³/mol. The average Bonchev–Trinajstić information content (AvgIpc) is 1.62. The number of rotatable bonds is 0. The maximum absolute atomic E-state index is 9.73. The molecule has 9 heavy (non-hydrogen) atoms. The lowest BCUT2D eigenvalue weighted by Crippen LogP contribution is -2.22. The van der Waals surface area contributed by atoms with Gasteiger partial charge in [0.15, 0.2) is 0 Å². The summed E-state index contributed by atoms with van der Waals surface area (Å²) in [5.41, 5.74) is 0. The molecule has 0 heterocycles. The van der Waals surface area contributed by atoms with Crippen LogP contribution in [-0.2, 0) is 19.7 Å². The largest absolute Gasteiger partial charge is 0.475 e. The van der Waals surface area contributed by atoms with Gasteiger partial charge in [-0.2, -0.15) is 8.42 Å². The Morgan fingerprint density at radius 3 is 1.56 bits per heavy atom. The van der Waals surface area contributed by atoms with Gasteiger partial charge in [0.25, 0.3) is 0 Å². The van der Waals surface area contributed by atoms with Crippen molar-refractivity contribution in [3.63, 3.8) is 0 Å². The van der Waals surface area contributed by atoms with Crippen LogP contribution in [0.1, 0.15) is 0 Å². The van der Waals surface area contributed by atoms with Crippen molar-refractivity contribution >= 4 is 21.2 Å². The first-order valence-electron chi connectivity index (χ1n) is 1.60. The van der Waals surface area contributed by atoms with Gasteiger partial charge in [-0.15, -0.1) is 0 Å². The molecule has 0 aliphatic heterocycles. The van der Waals surface area contributed by atoms with Crippen LogP contribution in [0, 0.1) is 0 Å². The Bertz CT molecular complexity index is 234. The van der Waals surface area contributed by atoms with Crippen LogP contribution in [0.2, 0.25) is 0 Å². The molecule has 0 amide bonds. The molecule has 0 aromatic heterocycles. The average molecular weight is 154 g/mol. The Morgan fingerprint density at radius 2 is 1.56 bits per heavy atom. The first kappa shape index (κ1) is 8.05. The van der Waals surface area contributed by atoms with Crippen molar-refractivity contribution in [2.45, 2.75) is 0 Å². The van der Waals surface area contributed by atoms with Gasteiger partial charge in [-0.05, 0) is 0 Å². The maximum atomic E-state index is 9.73. The third-order valence-electron chi connectivity index (χ3n) is 0.409. The summed E-state index contributed by atoms with van der Waals surface area (Å²) in [6.45, 7) is 0. The van der Waals surface area contributed by atoms with E-state index in [0.717, 1.165) is 0 Å². The quantitative estimate of drug-likeness (QED) is 0.324. The highest BCUT2D eigenvalue weighted by Crippen LogP contribution is 1.83. The van der Waals surface area contributed by atoms with E-state index in [4.69, 9.17) is 9.66 Å². The third kappa shape index (κ3) is 2.20. The van der Waals surface area contributed by atoms with Crippen molar-refractivity contribution in [1.29, 1.82) is 0 Å². The highest BCUT2D eigenvalue weighted by molar-refractivity contribution is 8.03. The minimum Gasteiger partial charge on any atom is -0.475 e. The lowest BCUT2D eigenvalue weighted by Gasteiger charge is -1.84. The molecule has 0 saturated heterocycles. The molecule has 0 saturated carbocycles. The zero-order valence-corrected chi connectivity index (χ0v) is 4.75. The molecule has 0 unspecified atom stereocenters. The van der Waals surface area contributed by atoms with Gasteiger partial charge in [0.2, 0.25) is 0 Å². The summed E-state index contributed by atoms with van der Waals surface area (Å²) in [6.07, 6.45) is 0. The van der Waals surface area contributed by atoms with Gasteiger partial charge in [-0.3, -0.25) is 9.35 Å². The first-order chi connectivity index (χ1) is 3.85. The third-order valence-corrected chi connectivity index (χ3v) is 1.05. The van der Waals surface area contributed by atoms with Gasteiger partial charge < -0.3 is 5.11 Å². The summed E-state index contributed by atoms with van der Waals surface area (Å²) >= 11 is 0. The summed E-state index contributed by atoms with van der Waals surface area (Å²) in [6, 6.07) is 0. The molecular weight excluding hydrogens is 152 g/mol. The van der Waals surface area contributed by atoms with E-state index < -0.39 is 21.2 Å². The van der Waals surface area contributed by atoms with Gasteiger partial charge in [-0.25, -0.2) is 4.79 Å². The highest BCUT2D eigenvalue weighted by Gasteiger charge is 2.26. The molecule has 0 fully saturated rings. The monoisotopic (exact) mass is 154 g/mol. The number of carbonyl (C=O) groups is 2. The van der Waals surface area contributed by atoms with E-state index in [1.54, 1.807) is 0 Å². The maximum Gasteiger partial charge on any atom is 0.391 e. The summed E-state index contributed by atoms with van der Waals surface area (Å²) in [5.74, 6) is -2.20. The molecule has 0 rings (SSSR count). The smallest absolute Gasteiger partial charge is 0.391 e. The Hall–Kier alpha value is -0.950. The first-order valence-corrected chi connectivity index (χ1v) is 3.04. The molecule has 0 radical (unpaired) electrons. The molecular formula is C2H2O6S. The Morgan fingerprint density at radius 1 is 1.22 bits per heavy atom. The van der Waals surface area contributed by atoms with Crippen LogP contribution in [0.3, 0.4) is 0 Å². The van der Waals surface area contributed by atoms with Crippen LogP contribution in [0.5, 0.6) is 0 Å². The number of carbonyl (C=O) groups excluding carboxylic acids is 1. The molecule has 0 spiro atoms. The van der Waals surface area contributed by atoms with Crippen molar-refractivity contribution in [3.8, 4) is 0 Å². The van der Waals surface area contributed by atoms with Gasteiger partial charge in [0.1, 0.15) is 0 Å². The summed E-state index contributed by atoms with van der Waals surface area (Å²) in [7, 11) is -5.04. The van der Waals surface area contributed by atoms with Crippen LogP contribution in [0.15, 0.2) is 0 Å². The second-order valence-corrected chi connectivity index (χ2v) is 2.39. The zero-order valence-electron chi connectivity index (χ0n) is 3.94. The van der Waals surface area contributed by atoms with Crippen molar-refractivity contribution < 1.29 is 27.7 Å². The number of hydrogen-bond donors (Lipinski definition) is 2. The van der Waals surface area contributed by atoms with E-state index in [9.17, 15) is 18.0 Å². The van der Waals surface area contributed by atoms with E-state index >= 15 is 0 Å². The molecule has 0 bridgehead atoms. The van der Waals surface area contributed by atoms with Crippen LogP contribution in [-0.4, -0.2) is 29.2 Å². The molecule has 0 aliphatic carbocycles. The fourth-order valence-corrected chi connectivity index (χ4v) is 0.331. The van der Waals surface area contributed by atoms with E-state index in [1.807, 2.05) is 0 Å².